The van der Waals surface area contributed by atoms with Crippen molar-refractivity contribution in [1.82, 2.24) is 0 Å². The fraction of sp³-hybridized carbons (Fsp3) is 0.115. The molecule has 4 rings (SSSR count). The number of carboxylic acids is 1. The van der Waals surface area contributed by atoms with Crippen LogP contribution in [0.3, 0.4) is 0 Å². The van der Waals surface area contributed by atoms with Crippen LogP contribution >= 0.6 is 11.6 Å². The standard InChI is InChI=1S/C26H22ClNO4/c1-31-25-13-11-18(26(29)30)14-23(25)28-15-21-20-8-4-2-6-17(20)10-12-24(21)32-16-19-7-3-5-9-22(19)27/h2-14,28H,15-16H2,1H3,(H,29,30). The van der Waals surface area contributed by atoms with Crippen molar-refractivity contribution in [1.29, 1.82) is 0 Å². The van der Waals surface area contributed by atoms with Crippen molar-refractivity contribution >= 4 is 34.0 Å². The minimum Gasteiger partial charge on any atom is -0.495 e. The lowest BCUT2D eigenvalue weighted by molar-refractivity contribution is 0.0697. The van der Waals surface area contributed by atoms with Crippen molar-refractivity contribution in [3.05, 3.63) is 101 Å². The molecule has 0 aromatic heterocycles. The second-order valence-electron chi connectivity index (χ2n) is 7.22. The number of aromatic carboxylic acids is 1. The van der Waals surface area contributed by atoms with Gasteiger partial charge in [-0.25, -0.2) is 4.79 Å². The molecule has 0 aliphatic rings. The molecule has 0 fully saturated rings. The van der Waals surface area contributed by atoms with E-state index in [0.717, 1.165) is 27.6 Å². The van der Waals surface area contributed by atoms with Gasteiger partial charge in [0.2, 0.25) is 0 Å². The molecule has 32 heavy (non-hydrogen) atoms. The maximum Gasteiger partial charge on any atom is 0.335 e. The third kappa shape index (κ3) is 4.63. The Morgan fingerprint density at radius 1 is 0.969 bits per heavy atom. The van der Waals surface area contributed by atoms with E-state index in [-0.39, 0.29) is 5.56 Å². The van der Waals surface area contributed by atoms with E-state index < -0.39 is 5.97 Å². The monoisotopic (exact) mass is 447 g/mol. The van der Waals surface area contributed by atoms with Gasteiger partial charge >= 0.3 is 5.97 Å². The van der Waals surface area contributed by atoms with Gasteiger partial charge in [-0.2, -0.15) is 0 Å². The largest absolute Gasteiger partial charge is 0.495 e. The van der Waals surface area contributed by atoms with Crippen molar-refractivity contribution in [3.8, 4) is 11.5 Å². The highest BCUT2D eigenvalue weighted by Crippen LogP contribution is 2.32. The van der Waals surface area contributed by atoms with Crippen LogP contribution in [0.15, 0.2) is 78.9 Å². The van der Waals surface area contributed by atoms with Crippen LogP contribution < -0.4 is 14.8 Å². The normalized spacial score (nSPS) is 10.7. The first-order valence-electron chi connectivity index (χ1n) is 10.1. The number of carbonyl (C=O) groups is 1. The van der Waals surface area contributed by atoms with Gasteiger partial charge in [0.15, 0.2) is 0 Å². The van der Waals surface area contributed by atoms with Crippen molar-refractivity contribution in [2.45, 2.75) is 13.2 Å². The summed E-state index contributed by atoms with van der Waals surface area (Å²) in [7, 11) is 1.55. The van der Waals surface area contributed by atoms with Gasteiger partial charge in [0.1, 0.15) is 18.1 Å². The van der Waals surface area contributed by atoms with Crippen LogP contribution in [0.2, 0.25) is 5.02 Å². The second kappa shape index (κ2) is 9.62. The average Bonchev–Trinajstić information content (AvgIpc) is 2.82. The Morgan fingerprint density at radius 3 is 2.50 bits per heavy atom. The summed E-state index contributed by atoms with van der Waals surface area (Å²) in [6.45, 7) is 0.751. The molecular weight excluding hydrogens is 426 g/mol. The zero-order valence-corrected chi connectivity index (χ0v) is 18.2. The molecule has 5 nitrogen and oxygen atoms in total. The molecule has 0 aliphatic heterocycles. The Labute approximate surface area is 191 Å². The van der Waals surface area contributed by atoms with E-state index in [9.17, 15) is 9.90 Å². The summed E-state index contributed by atoms with van der Waals surface area (Å²) in [6, 6.07) is 24.3. The number of benzene rings is 4. The number of hydrogen-bond acceptors (Lipinski definition) is 4. The zero-order chi connectivity index (χ0) is 22.5. The number of hydrogen-bond donors (Lipinski definition) is 2. The number of anilines is 1. The fourth-order valence-electron chi connectivity index (χ4n) is 3.57. The van der Waals surface area contributed by atoms with E-state index in [1.807, 2.05) is 60.7 Å². The highest BCUT2D eigenvalue weighted by molar-refractivity contribution is 6.31. The third-order valence-electron chi connectivity index (χ3n) is 5.24. The van der Waals surface area contributed by atoms with Crippen LogP contribution in [0.25, 0.3) is 10.8 Å². The summed E-state index contributed by atoms with van der Waals surface area (Å²) in [5.41, 5.74) is 2.63. The molecule has 0 aliphatic carbocycles. The molecule has 0 unspecified atom stereocenters. The second-order valence-corrected chi connectivity index (χ2v) is 7.62. The van der Waals surface area contributed by atoms with Crippen LogP contribution in [0, 0.1) is 0 Å². The Morgan fingerprint density at radius 2 is 1.72 bits per heavy atom. The van der Waals surface area contributed by atoms with Gasteiger partial charge < -0.3 is 19.9 Å². The Balaban J connectivity index is 1.66. The Bertz CT molecular complexity index is 1270. The molecule has 6 heteroatoms. The zero-order valence-electron chi connectivity index (χ0n) is 17.5. The Hall–Kier alpha value is -3.70. The van der Waals surface area contributed by atoms with Crippen molar-refractivity contribution in [2.24, 2.45) is 0 Å². The highest BCUT2D eigenvalue weighted by atomic mass is 35.5. The van der Waals surface area contributed by atoms with Crippen LogP contribution in [-0.2, 0) is 13.2 Å². The lowest BCUT2D eigenvalue weighted by atomic mass is 10.0. The molecule has 4 aromatic rings. The van der Waals surface area contributed by atoms with E-state index in [4.69, 9.17) is 21.1 Å². The SMILES string of the molecule is COc1ccc(C(=O)O)cc1NCc1c(OCc2ccccc2Cl)ccc2ccccc12. The number of methoxy groups -OCH3 is 1. The molecule has 4 aromatic carbocycles. The summed E-state index contributed by atoms with van der Waals surface area (Å²) < 4.78 is 11.6. The predicted octanol–water partition coefficient (Wildman–Crippen LogP) is 6.39. The average molecular weight is 448 g/mol. The minimum atomic E-state index is -0.996. The molecule has 0 saturated carbocycles. The number of ether oxygens (including phenoxy) is 2. The third-order valence-corrected chi connectivity index (χ3v) is 5.61. The summed E-state index contributed by atoms with van der Waals surface area (Å²) in [5.74, 6) is 0.294. The molecule has 0 bridgehead atoms. The maximum atomic E-state index is 11.4. The van der Waals surface area contributed by atoms with Gasteiger partial charge in [-0.05, 0) is 41.1 Å². The molecule has 0 radical (unpaired) electrons. The predicted molar refractivity (Wildman–Crippen MR) is 127 cm³/mol. The van der Waals surface area contributed by atoms with E-state index in [1.165, 1.54) is 6.07 Å². The van der Waals surface area contributed by atoms with Crippen molar-refractivity contribution in [3.63, 3.8) is 0 Å². The number of carboxylic acid groups (broad SMARTS) is 1. The van der Waals surface area contributed by atoms with Gasteiger partial charge in [-0.15, -0.1) is 0 Å². The topological polar surface area (TPSA) is 67.8 Å². The van der Waals surface area contributed by atoms with Crippen LogP contribution in [-0.4, -0.2) is 18.2 Å². The van der Waals surface area contributed by atoms with Gasteiger partial charge in [-0.3, -0.25) is 0 Å². The van der Waals surface area contributed by atoms with Crippen molar-refractivity contribution < 1.29 is 19.4 Å². The smallest absolute Gasteiger partial charge is 0.335 e. The summed E-state index contributed by atoms with van der Waals surface area (Å²) in [4.78, 5) is 11.4. The number of fused-ring (bicyclic) bond motifs is 1. The molecule has 0 heterocycles. The first-order valence-corrected chi connectivity index (χ1v) is 10.5. The van der Waals surface area contributed by atoms with Gasteiger partial charge in [0, 0.05) is 22.7 Å². The van der Waals surface area contributed by atoms with E-state index in [0.29, 0.717) is 29.6 Å². The summed E-state index contributed by atoms with van der Waals surface area (Å²) >= 11 is 6.29. The lowest BCUT2D eigenvalue weighted by Gasteiger charge is -2.17. The molecule has 0 spiro atoms. The van der Waals surface area contributed by atoms with E-state index in [2.05, 4.69) is 5.32 Å². The van der Waals surface area contributed by atoms with Crippen molar-refractivity contribution in [2.75, 3.05) is 12.4 Å². The van der Waals surface area contributed by atoms with Gasteiger partial charge in [-0.1, -0.05) is 60.1 Å². The summed E-state index contributed by atoms with van der Waals surface area (Å²) in [6.07, 6.45) is 0. The number of rotatable bonds is 8. The molecule has 0 amide bonds. The first-order chi connectivity index (χ1) is 15.6. The van der Waals surface area contributed by atoms with Gasteiger partial charge in [0.25, 0.3) is 0 Å². The van der Waals surface area contributed by atoms with Crippen LogP contribution in [0.1, 0.15) is 21.5 Å². The van der Waals surface area contributed by atoms with E-state index >= 15 is 0 Å². The Kier molecular flexibility index (Phi) is 6.47. The summed E-state index contributed by atoms with van der Waals surface area (Å²) in [5, 5.41) is 15.5. The van der Waals surface area contributed by atoms with Crippen LogP contribution in [0.5, 0.6) is 11.5 Å². The number of nitrogens with one attached hydrogen (secondary N) is 1. The first kappa shape index (κ1) is 21.5. The quantitative estimate of drug-likeness (QED) is 0.327. The van der Waals surface area contributed by atoms with E-state index in [1.54, 1.807) is 19.2 Å². The highest BCUT2D eigenvalue weighted by Gasteiger charge is 2.13. The molecule has 162 valence electrons. The fourth-order valence-corrected chi connectivity index (χ4v) is 3.76. The lowest BCUT2D eigenvalue weighted by Crippen LogP contribution is -2.07. The van der Waals surface area contributed by atoms with Crippen LogP contribution in [0.4, 0.5) is 5.69 Å². The molecule has 0 saturated heterocycles. The van der Waals surface area contributed by atoms with Gasteiger partial charge in [0.05, 0.1) is 18.4 Å². The maximum absolute atomic E-state index is 11.4. The molecule has 0 atom stereocenters. The minimum absolute atomic E-state index is 0.182. The number of halogens is 1. The molecular formula is C26H22ClNO4. The molecule has 2 N–H and O–H groups in total.